The summed E-state index contributed by atoms with van der Waals surface area (Å²) in [5.74, 6) is -0.232. The zero-order valence-electron chi connectivity index (χ0n) is 11.5. The Morgan fingerprint density at radius 2 is 1.90 bits per heavy atom. The molecule has 2 aromatic rings. The number of aromatic nitrogens is 1. The minimum atomic E-state index is -0.404. The highest BCUT2D eigenvalue weighted by molar-refractivity contribution is 6.07. The van der Waals surface area contributed by atoms with Gasteiger partial charge in [-0.1, -0.05) is 31.0 Å². The molecule has 1 aliphatic rings. The lowest BCUT2D eigenvalue weighted by Crippen LogP contribution is -2.18. The monoisotopic (exact) mass is 271 g/mol. The summed E-state index contributed by atoms with van der Waals surface area (Å²) < 4.78 is 6.42. The molecule has 0 amide bonds. The molecule has 0 saturated heterocycles. The van der Waals surface area contributed by atoms with Crippen LogP contribution in [0.1, 0.15) is 40.8 Å². The number of rotatable bonds is 2. The van der Waals surface area contributed by atoms with E-state index in [9.17, 15) is 9.59 Å². The van der Waals surface area contributed by atoms with Crippen molar-refractivity contribution in [3.8, 4) is 0 Å². The third kappa shape index (κ3) is 2.01. The van der Waals surface area contributed by atoms with Crippen LogP contribution in [0.25, 0.3) is 10.9 Å². The van der Waals surface area contributed by atoms with Gasteiger partial charge in [0.05, 0.1) is 18.2 Å². The van der Waals surface area contributed by atoms with E-state index in [1.807, 2.05) is 24.3 Å². The molecule has 0 aliphatic heterocycles. The van der Waals surface area contributed by atoms with Gasteiger partial charge in [0.15, 0.2) is 0 Å². The van der Waals surface area contributed by atoms with Crippen molar-refractivity contribution in [3.63, 3.8) is 0 Å². The van der Waals surface area contributed by atoms with Crippen LogP contribution in [0.15, 0.2) is 30.5 Å². The standard InChI is InChI=1S/C16H17NO3/c1-20-16(19)13-10-17(14-9-5-4-8-12(13)14)15(18)11-6-2-3-7-11/h4-5,8-11H,2-3,6-7H2,1H3. The number of esters is 1. The second kappa shape index (κ2) is 5.12. The summed E-state index contributed by atoms with van der Waals surface area (Å²) in [6, 6.07) is 7.45. The van der Waals surface area contributed by atoms with Crippen LogP contribution in [0.4, 0.5) is 0 Å². The van der Waals surface area contributed by atoms with Gasteiger partial charge in [-0.15, -0.1) is 0 Å². The fraction of sp³-hybridized carbons (Fsp3) is 0.375. The zero-order chi connectivity index (χ0) is 14.1. The van der Waals surface area contributed by atoms with Crippen LogP contribution in [0.2, 0.25) is 0 Å². The molecule has 0 spiro atoms. The van der Waals surface area contributed by atoms with E-state index in [1.165, 1.54) is 7.11 Å². The van der Waals surface area contributed by atoms with Gasteiger partial charge >= 0.3 is 5.97 Å². The van der Waals surface area contributed by atoms with Crippen molar-refractivity contribution < 1.29 is 14.3 Å². The van der Waals surface area contributed by atoms with Gasteiger partial charge in [-0.25, -0.2) is 4.79 Å². The summed E-state index contributed by atoms with van der Waals surface area (Å²) in [6.45, 7) is 0. The minimum absolute atomic E-state index is 0.0799. The molecular formula is C16H17NO3. The first kappa shape index (κ1) is 12.9. The Labute approximate surface area is 117 Å². The highest BCUT2D eigenvalue weighted by Crippen LogP contribution is 2.29. The molecule has 0 atom stereocenters. The lowest BCUT2D eigenvalue weighted by atomic mass is 10.1. The van der Waals surface area contributed by atoms with E-state index in [4.69, 9.17) is 4.74 Å². The number of methoxy groups -OCH3 is 1. The van der Waals surface area contributed by atoms with Crippen LogP contribution >= 0.6 is 0 Å². The number of carbonyl (C=O) groups excluding carboxylic acids is 2. The molecule has 0 bridgehead atoms. The van der Waals surface area contributed by atoms with Crippen molar-refractivity contribution in [2.45, 2.75) is 25.7 Å². The molecule has 20 heavy (non-hydrogen) atoms. The summed E-state index contributed by atoms with van der Waals surface area (Å²) in [6.07, 6.45) is 5.73. The number of nitrogens with zero attached hydrogens (tertiary/aromatic N) is 1. The Kier molecular flexibility index (Phi) is 3.30. The zero-order valence-corrected chi connectivity index (χ0v) is 11.5. The predicted octanol–water partition coefficient (Wildman–Crippen LogP) is 3.26. The molecule has 0 unspecified atom stereocenters. The molecule has 1 heterocycles. The second-order valence-electron chi connectivity index (χ2n) is 5.24. The minimum Gasteiger partial charge on any atom is -0.465 e. The Balaban J connectivity index is 2.11. The number of hydrogen-bond donors (Lipinski definition) is 0. The van der Waals surface area contributed by atoms with Crippen LogP contribution in [0, 0.1) is 5.92 Å². The molecule has 1 aromatic heterocycles. The van der Waals surface area contributed by atoms with Crippen LogP contribution in [-0.2, 0) is 4.74 Å². The summed E-state index contributed by atoms with van der Waals surface area (Å²) in [4.78, 5) is 24.4. The molecule has 1 aliphatic carbocycles. The van der Waals surface area contributed by atoms with Crippen molar-refractivity contribution in [1.29, 1.82) is 0 Å². The van der Waals surface area contributed by atoms with E-state index >= 15 is 0 Å². The third-order valence-electron chi connectivity index (χ3n) is 4.06. The summed E-state index contributed by atoms with van der Waals surface area (Å²) in [7, 11) is 1.35. The first-order valence-corrected chi connectivity index (χ1v) is 6.95. The maximum Gasteiger partial charge on any atom is 0.340 e. The Morgan fingerprint density at radius 3 is 2.60 bits per heavy atom. The lowest BCUT2D eigenvalue weighted by molar-refractivity contribution is 0.0603. The highest BCUT2D eigenvalue weighted by atomic mass is 16.5. The van der Waals surface area contributed by atoms with E-state index in [-0.39, 0.29) is 11.8 Å². The largest absolute Gasteiger partial charge is 0.465 e. The van der Waals surface area contributed by atoms with Crippen LogP contribution < -0.4 is 0 Å². The number of fused-ring (bicyclic) bond motifs is 1. The summed E-state index contributed by atoms with van der Waals surface area (Å²) in [5, 5.41) is 0.769. The molecular weight excluding hydrogens is 254 g/mol. The average molecular weight is 271 g/mol. The fourth-order valence-electron chi connectivity index (χ4n) is 3.00. The van der Waals surface area contributed by atoms with Crippen molar-refractivity contribution in [1.82, 2.24) is 4.57 Å². The number of hydrogen-bond acceptors (Lipinski definition) is 3. The molecule has 0 N–H and O–H groups in total. The predicted molar refractivity (Wildman–Crippen MR) is 75.9 cm³/mol. The van der Waals surface area contributed by atoms with E-state index in [0.29, 0.717) is 5.56 Å². The van der Waals surface area contributed by atoms with Gasteiger partial charge in [0.1, 0.15) is 0 Å². The Morgan fingerprint density at radius 1 is 1.20 bits per heavy atom. The van der Waals surface area contributed by atoms with Gasteiger partial charge < -0.3 is 4.74 Å². The molecule has 4 nitrogen and oxygen atoms in total. The molecule has 1 saturated carbocycles. The van der Waals surface area contributed by atoms with E-state index in [1.54, 1.807) is 10.8 Å². The van der Waals surface area contributed by atoms with Gasteiger partial charge in [-0.2, -0.15) is 0 Å². The summed E-state index contributed by atoms with van der Waals surface area (Å²) in [5.41, 5.74) is 1.24. The van der Waals surface area contributed by atoms with Gasteiger partial charge in [0, 0.05) is 17.5 Å². The fourth-order valence-corrected chi connectivity index (χ4v) is 3.00. The van der Waals surface area contributed by atoms with E-state index in [2.05, 4.69) is 0 Å². The van der Waals surface area contributed by atoms with Crippen molar-refractivity contribution >= 4 is 22.8 Å². The quantitative estimate of drug-likeness (QED) is 0.788. The van der Waals surface area contributed by atoms with Crippen LogP contribution in [0.3, 0.4) is 0 Å². The summed E-state index contributed by atoms with van der Waals surface area (Å²) >= 11 is 0. The highest BCUT2D eigenvalue weighted by Gasteiger charge is 2.26. The second-order valence-corrected chi connectivity index (χ2v) is 5.24. The molecule has 4 heteroatoms. The van der Waals surface area contributed by atoms with Gasteiger partial charge in [-0.05, 0) is 18.9 Å². The lowest BCUT2D eigenvalue weighted by Gasteiger charge is -2.09. The average Bonchev–Trinajstić information content (AvgIpc) is 3.13. The number of para-hydroxylation sites is 1. The maximum absolute atomic E-state index is 12.6. The Hall–Kier alpha value is -2.10. The smallest absolute Gasteiger partial charge is 0.340 e. The van der Waals surface area contributed by atoms with Gasteiger partial charge in [0.25, 0.3) is 0 Å². The number of ether oxygens (including phenoxy) is 1. The maximum atomic E-state index is 12.6. The normalized spacial score (nSPS) is 15.7. The molecule has 104 valence electrons. The first-order chi connectivity index (χ1) is 9.72. The van der Waals surface area contributed by atoms with Gasteiger partial charge in [0.2, 0.25) is 5.91 Å². The van der Waals surface area contributed by atoms with Crippen molar-refractivity contribution in [3.05, 3.63) is 36.0 Å². The van der Waals surface area contributed by atoms with Crippen molar-refractivity contribution in [2.75, 3.05) is 7.11 Å². The molecule has 0 radical (unpaired) electrons. The SMILES string of the molecule is COC(=O)c1cn(C(=O)C2CCCC2)c2ccccc12. The topological polar surface area (TPSA) is 48.3 Å². The molecule has 3 rings (SSSR count). The Bertz CT molecular complexity index is 665. The van der Waals surface area contributed by atoms with Crippen LogP contribution in [0.5, 0.6) is 0 Å². The van der Waals surface area contributed by atoms with Gasteiger partial charge in [-0.3, -0.25) is 9.36 Å². The first-order valence-electron chi connectivity index (χ1n) is 6.95. The van der Waals surface area contributed by atoms with E-state index < -0.39 is 5.97 Å². The molecule has 1 fully saturated rings. The number of carbonyl (C=O) groups is 2. The van der Waals surface area contributed by atoms with Crippen molar-refractivity contribution in [2.24, 2.45) is 5.92 Å². The van der Waals surface area contributed by atoms with Crippen LogP contribution in [-0.4, -0.2) is 23.6 Å². The van der Waals surface area contributed by atoms with E-state index in [0.717, 1.165) is 36.6 Å². The third-order valence-corrected chi connectivity index (χ3v) is 4.06. The molecule has 1 aromatic carbocycles. The number of benzene rings is 1.